The molecule has 0 amide bonds. The van der Waals surface area contributed by atoms with E-state index in [0.29, 0.717) is 5.92 Å². The second-order valence-corrected chi connectivity index (χ2v) is 6.87. The Hall–Kier alpha value is -1.02. The van der Waals surface area contributed by atoms with E-state index >= 15 is 0 Å². The maximum Gasteiger partial charge on any atom is 0.0636 e. The number of nitrogens with zero attached hydrogens (tertiary/aromatic N) is 1. The van der Waals surface area contributed by atoms with Gasteiger partial charge < -0.3 is 10.0 Å². The van der Waals surface area contributed by atoms with Crippen molar-refractivity contribution in [1.29, 1.82) is 0 Å². The molecule has 2 heteroatoms. The number of hydrogen-bond acceptors (Lipinski definition) is 2. The van der Waals surface area contributed by atoms with Crippen molar-refractivity contribution in [2.24, 2.45) is 11.3 Å². The van der Waals surface area contributed by atoms with E-state index in [9.17, 15) is 5.11 Å². The quantitative estimate of drug-likeness (QED) is 0.845. The van der Waals surface area contributed by atoms with Crippen molar-refractivity contribution in [1.82, 2.24) is 0 Å². The van der Waals surface area contributed by atoms with Crippen LogP contribution in [0.25, 0.3) is 0 Å². The zero-order valence-corrected chi connectivity index (χ0v) is 13.2. The molecule has 1 aromatic carbocycles. The lowest BCUT2D eigenvalue weighted by Crippen LogP contribution is -2.37. The molecule has 1 aliphatic carbocycles. The summed E-state index contributed by atoms with van der Waals surface area (Å²) in [6.07, 6.45) is 4.53. The number of anilines is 1. The Kier molecular flexibility index (Phi) is 5.09. The number of aliphatic hydroxyl groups is 1. The summed E-state index contributed by atoms with van der Waals surface area (Å²) in [4.78, 5) is 2.46. The average Bonchev–Trinajstić information content (AvgIpc) is 2.71. The number of rotatable bonds is 6. The molecule has 1 saturated carbocycles. The summed E-state index contributed by atoms with van der Waals surface area (Å²) in [5.41, 5.74) is 1.37. The molecule has 0 heterocycles. The van der Waals surface area contributed by atoms with Crippen LogP contribution in [0.3, 0.4) is 0 Å². The molecule has 1 fully saturated rings. The molecule has 0 bridgehead atoms. The second-order valence-electron chi connectivity index (χ2n) is 6.87. The van der Waals surface area contributed by atoms with E-state index in [-0.39, 0.29) is 11.5 Å². The first-order valence-electron chi connectivity index (χ1n) is 8.02. The molecule has 0 saturated heterocycles. The molecular formula is C18H29NO. The fourth-order valence-electron chi connectivity index (χ4n) is 3.29. The summed E-state index contributed by atoms with van der Waals surface area (Å²) in [7, 11) is 0. The topological polar surface area (TPSA) is 23.5 Å². The number of hydrogen-bond donors (Lipinski definition) is 1. The van der Waals surface area contributed by atoms with Gasteiger partial charge in [-0.2, -0.15) is 0 Å². The lowest BCUT2D eigenvalue weighted by atomic mass is 9.87. The highest BCUT2D eigenvalue weighted by Crippen LogP contribution is 2.41. The van der Waals surface area contributed by atoms with Crippen molar-refractivity contribution in [3.63, 3.8) is 0 Å². The van der Waals surface area contributed by atoms with Crippen molar-refractivity contribution in [3.8, 4) is 0 Å². The van der Waals surface area contributed by atoms with E-state index in [2.05, 4.69) is 56.0 Å². The Labute approximate surface area is 123 Å². The lowest BCUT2D eigenvalue weighted by molar-refractivity contribution is 0.0481. The van der Waals surface area contributed by atoms with Gasteiger partial charge >= 0.3 is 0 Å². The van der Waals surface area contributed by atoms with Gasteiger partial charge in [-0.1, -0.05) is 45.4 Å². The Bertz CT molecular complexity index is 401. The predicted octanol–water partition coefficient (Wildman–Crippen LogP) is 4.09. The fraction of sp³-hybridized carbons (Fsp3) is 0.667. The van der Waals surface area contributed by atoms with E-state index in [1.807, 2.05) is 0 Å². The maximum absolute atomic E-state index is 10.5. The SMILES string of the molecule is CCCCN(CC1CCC(C)(C)C1O)c1ccccc1. The zero-order chi connectivity index (χ0) is 14.6. The first kappa shape index (κ1) is 15.4. The van der Waals surface area contributed by atoms with Gasteiger partial charge in [0.2, 0.25) is 0 Å². The van der Waals surface area contributed by atoms with Crippen molar-refractivity contribution in [3.05, 3.63) is 30.3 Å². The van der Waals surface area contributed by atoms with Gasteiger partial charge in [-0.3, -0.25) is 0 Å². The third-order valence-electron chi connectivity index (χ3n) is 4.76. The van der Waals surface area contributed by atoms with Gasteiger partial charge in [-0.25, -0.2) is 0 Å². The Balaban J connectivity index is 2.05. The molecule has 2 unspecified atom stereocenters. The molecule has 20 heavy (non-hydrogen) atoms. The largest absolute Gasteiger partial charge is 0.392 e. The molecular weight excluding hydrogens is 246 g/mol. The van der Waals surface area contributed by atoms with E-state index in [0.717, 1.165) is 25.9 Å². The van der Waals surface area contributed by atoms with E-state index in [4.69, 9.17) is 0 Å². The third kappa shape index (κ3) is 3.54. The van der Waals surface area contributed by atoms with Gasteiger partial charge in [0.15, 0.2) is 0 Å². The summed E-state index contributed by atoms with van der Waals surface area (Å²) in [5, 5.41) is 10.5. The van der Waals surface area contributed by atoms with Crippen LogP contribution in [-0.4, -0.2) is 24.3 Å². The minimum absolute atomic E-state index is 0.0811. The lowest BCUT2D eigenvalue weighted by Gasteiger charge is -2.31. The van der Waals surface area contributed by atoms with E-state index in [1.165, 1.54) is 18.5 Å². The predicted molar refractivity (Wildman–Crippen MR) is 86.1 cm³/mol. The van der Waals surface area contributed by atoms with E-state index in [1.54, 1.807) is 0 Å². The number of para-hydroxylation sites is 1. The van der Waals surface area contributed by atoms with Gasteiger partial charge in [0, 0.05) is 24.7 Å². The highest BCUT2D eigenvalue weighted by molar-refractivity contribution is 5.46. The van der Waals surface area contributed by atoms with Crippen LogP contribution >= 0.6 is 0 Å². The van der Waals surface area contributed by atoms with Gasteiger partial charge in [0.25, 0.3) is 0 Å². The molecule has 2 atom stereocenters. The van der Waals surface area contributed by atoms with Crippen LogP contribution in [0.15, 0.2) is 30.3 Å². The van der Waals surface area contributed by atoms with Crippen LogP contribution in [0, 0.1) is 11.3 Å². The van der Waals surface area contributed by atoms with Gasteiger partial charge in [-0.15, -0.1) is 0 Å². The minimum Gasteiger partial charge on any atom is -0.392 e. The van der Waals surface area contributed by atoms with Crippen molar-refractivity contribution < 1.29 is 5.11 Å². The second kappa shape index (κ2) is 6.62. The minimum atomic E-state index is -0.171. The molecule has 0 radical (unpaired) electrons. The number of benzene rings is 1. The smallest absolute Gasteiger partial charge is 0.0636 e. The third-order valence-corrected chi connectivity index (χ3v) is 4.76. The Morgan fingerprint density at radius 2 is 1.95 bits per heavy atom. The monoisotopic (exact) mass is 275 g/mol. The van der Waals surface area contributed by atoms with Crippen LogP contribution in [0.4, 0.5) is 5.69 Å². The summed E-state index contributed by atoms with van der Waals surface area (Å²) >= 11 is 0. The normalized spacial score (nSPS) is 24.8. The van der Waals surface area contributed by atoms with Crippen molar-refractivity contribution >= 4 is 5.69 Å². The van der Waals surface area contributed by atoms with Crippen LogP contribution in [-0.2, 0) is 0 Å². The summed E-state index contributed by atoms with van der Waals surface area (Å²) in [6.45, 7) is 8.68. The molecule has 2 nitrogen and oxygen atoms in total. The maximum atomic E-state index is 10.5. The molecule has 0 aliphatic heterocycles. The first-order valence-corrected chi connectivity index (χ1v) is 8.02. The Morgan fingerprint density at radius 1 is 1.25 bits per heavy atom. The molecule has 1 aliphatic rings. The van der Waals surface area contributed by atoms with Gasteiger partial charge in [-0.05, 0) is 36.8 Å². The van der Waals surface area contributed by atoms with Crippen LogP contribution in [0.1, 0.15) is 46.5 Å². The molecule has 1 aromatic rings. The standard InChI is InChI=1S/C18H29NO/c1-4-5-13-19(16-9-7-6-8-10-16)14-15-11-12-18(2,3)17(15)20/h6-10,15,17,20H,4-5,11-14H2,1-3H3. The first-order chi connectivity index (χ1) is 9.54. The molecule has 1 N–H and O–H groups in total. The highest BCUT2D eigenvalue weighted by atomic mass is 16.3. The zero-order valence-electron chi connectivity index (χ0n) is 13.2. The number of aliphatic hydroxyl groups excluding tert-OH is 1. The van der Waals surface area contributed by atoms with Crippen LogP contribution in [0.5, 0.6) is 0 Å². The van der Waals surface area contributed by atoms with E-state index < -0.39 is 0 Å². The highest BCUT2D eigenvalue weighted by Gasteiger charge is 2.41. The average molecular weight is 275 g/mol. The molecule has 2 rings (SSSR count). The van der Waals surface area contributed by atoms with Gasteiger partial charge in [0.1, 0.15) is 0 Å². The van der Waals surface area contributed by atoms with Crippen molar-refractivity contribution in [2.45, 2.75) is 52.6 Å². The van der Waals surface area contributed by atoms with Crippen molar-refractivity contribution in [2.75, 3.05) is 18.0 Å². The van der Waals surface area contributed by atoms with Crippen LogP contribution in [0.2, 0.25) is 0 Å². The Morgan fingerprint density at radius 3 is 2.50 bits per heavy atom. The molecule has 0 aromatic heterocycles. The fourth-order valence-corrected chi connectivity index (χ4v) is 3.29. The molecule has 112 valence electrons. The number of unbranched alkanes of at least 4 members (excludes halogenated alkanes) is 1. The summed E-state index contributed by atoms with van der Waals surface area (Å²) in [6, 6.07) is 10.6. The summed E-state index contributed by atoms with van der Waals surface area (Å²) in [5.74, 6) is 0.405. The van der Waals surface area contributed by atoms with Crippen LogP contribution < -0.4 is 4.90 Å². The summed E-state index contributed by atoms with van der Waals surface area (Å²) < 4.78 is 0. The van der Waals surface area contributed by atoms with Gasteiger partial charge in [0.05, 0.1) is 6.10 Å². The molecule has 0 spiro atoms.